The molecular weight excluding hydrogens is 421 g/mol. The minimum Gasteiger partial charge on any atom is -0.490 e. The predicted molar refractivity (Wildman–Crippen MR) is 104 cm³/mol. The van der Waals surface area contributed by atoms with Crippen LogP contribution >= 0.6 is 11.6 Å². The van der Waals surface area contributed by atoms with Crippen LogP contribution in [0.5, 0.6) is 11.6 Å². The van der Waals surface area contributed by atoms with E-state index in [0.717, 1.165) is 24.6 Å². The number of ether oxygens (including phenoxy) is 2. The summed E-state index contributed by atoms with van der Waals surface area (Å²) in [6.45, 7) is 1.82. The summed E-state index contributed by atoms with van der Waals surface area (Å²) in [4.78, 5) is 11.7. The molecule has 2 aromatic heterocycles. The average Bonchev–Trinajstić information content (AvgIpc) is 3.45. The molecule has 0 bridgehead atoms. The highest BCUT2D eigenvalue weighted by molar-refractivity contribution is 6.28. The van der Waals surface area contributed by atoms with Crippen LogP contribution in [0.4, 0.5) is 13.2 Å². The van der Waals surface area contributed by atoms with Crippen molar-refractivity contribution in [3.63, 3.8) is 0 Å². The molecule has 158 valence electrons. The Kier molecular flexibility index (Phi) is 5.31. The van der Waals surface area contributed by atoms with Gasteiger partial charge in [0, 0.05) is 17.8 Å². The van der Waals surface area contributed by atoms with Gasteiger partial charge in [0.05, 0.1) is 13.3 Å². The zero-order valence-corrected chi connectivity index (χ0v) is 16.9. The molecule has 0 N–H and O–H groups in total. The van der Waals surface area contributed by atoms with E-state index >= 15 is 0 Å². The first-order chi connectivity index (χ1) is 14.3. The van der Waals surface area contributed by atoms with Crippen LogP contribution in [-0.2, 0) is 6.18 Å². The third kappa shape index (κ3) is 4.21. The third-order valence-corrected chi connectivity index (χ3v) is 4.98. The molecule has 3 aromatic rings. The normalized spacial score (nSPS) is 15.1. The summed E-state index contributed by atoms with van der Waals surface area (Å²) >= 11 is 5.82. The number of rotatable bonds is 6. The highest BCUT2D eigenvalue weighted by Crippen LogP contribution is 2.41. The van der Waals surface area contributed by atoms with Gasteiger partial charge in [0.1, 0.15) is 11.9 Å². The van der Waals surface area contributed by atoms with Crippen LogP contribution in [0.1, 0.15) is 43.2 Å². The number of hydrogen-bond acceptors (Lipinski definition) is 5. The molecule has 1 atom stereocenters. The van der Waals surface area contributed by atoms with Crippen molar-refractivity contribution in [2.45, 2.75) is 38.1 Å². The number of methoxy groups -OCH3 is 1. The smallest absolute Gasteiger partial charge is 0.434 e. The summed E-state index contributed by atoms with van der Waals surface area (Å²) in [5.74, 6) is 0.858. The third-order valence-electron chi connectivity index (χ3n) is 4.80. The van der Waals surface area contributed by atoms with Gasteiger partial charge < -0.3 is 14.0 Å². The molecule has 0 spiro atoms. The van der Waals surface area contributed by atoms with Gasteiger partial charge in [-0.15, -0.1) is 0 Å². The van der Waals surface area contributed by atoms with Gasteiger partial charge in [-0.1, -0.05) is 24.3 Å². The SMILES string of the molecule is COc1cnc(Cl)nc1OC(C)c1ccc(-c2nc(C(F)(F)F)cn2C2CC2)cc1. The fourth-order valence-corrected chi connectivity index (χ4v) is 3.20. The minimum absolute atomic E-state index is 0.0285. The summed E-state index contributed by atoms with van der Waals surface area (Å²) in [6, 6.07) is 7.12. The summed E-state index contributed by atoms with van der Waals surface area (Å²) in [5, 5.41) is 0.0285. The van der Waals surface area contributed by atoms with Crippen LogP contribution in [0.15, 0.2) is 36.7 Å². The summed E-state index contributed by atoms with van der Waals surface area (Å²) < 4.78 is 52.0. The maximum Gasteiger partial charge on any atom is 0.434 e. The fourth-order valence-electron chi connectivity index (χ4n) is 3.07. The van der Waals surface area contributed by atoms with E-state index in [1.54, 1.807) is 28.8 Å². The number of hydrogen-bond donors (Lipinski definition) is 0. The molecule has 1 fully saturated rings. The molecule has 2 heterocycles. The standard InChI is InChI=1S/C20H18ClF3N4O2/c1-11(30-18-15(29-2)9-25-19(21)27-18)12-3-5-13(6-4-12)17-26-16(20(22,23)24)10-28(17)14-7-8-14/h3-6,9-11,14H,7-8H2,1-2H3. The summed E-state index contributed by atoms with van der Waals surface area (Å²) in [5.41, 5.74) is 0.532. The van der Waals surface area contributed by atoms with Crippen molar-refractivity contribution < 1.29 is 22.6 Å². The van der Waals surface area contributed by atoms with Crippen LogP contribution < -0.4 is 9.47 Å². The van der Waals surface area contributed by atoms with E-state index in [4.69, 9.17) is 21.1 Å². The van der Waals surface area contributed by atoms with Crippen LogP contribution in [0.25, 0.3) is 11.4 Å². The van der Waals surface area contributed by atoms with E-state index in [9.17, 15) is 13.2 Å². The lowest BCUT2D eigenvalue weighted by Gasteiger charge is -2.16. The second-order valence-electron chi connectivity index (χ2n) is 6.98. The lowest BCUT2D eigenvalue weighted by Crippen LogP contribution is -2.06. The first-order valence-electron chi connectivity index (χ1n) is 9.26. The number of benzene rings is 1. The van der Waals surface area contributed by atoms with Crippen molar-refractivity contribution in [1.29, 1.82) is 0 Å². The van der Waals surface area contributed by atoms with Crippen molar-refractivity contribution >= 4 is 11.6 Å². The molecule has 1 aromatic carbocycles. The van der Waals surface area contributed by atoms with Gasteiger partial charge in [0.25, 0.3) is 5.88 Å². The van der Waals surface area contributed by atoms with Crippen LogP contribution in [0.3, 0.4) is 0 Å². The van der Waals surface area contributed by atoms with E-state index in [0.29, 0.717) is 17.1 Å². The second-order valence-corrected chi connectivity index (χ2v) is 7.32. The zero-order valence-electron chi connectivity index (χ0n) is 16.2. The molecule has 10 heteroatoms. The Bertz CT molecular complexity index is 1050. The molecule has 6 nitrogen and oxygen atoms in total. The van der Waals surface area contributed by atoms with E-state index < -0.39 is 18.0 Å². The van der Waals surface area contributed by atoms with Crippen molar-refractivity contribution in [2.24, 2.45) is 0 Å². The maximum atomic E-state index is 13.1. The van der Waals surface area contributed by atoms with E-state index in [1.807, 2.05) is 6.92 Å². The van der Waals surface area contributed by atoms with Gasteiger partial charge in [-0.25, -0.2) is 9.97 Å². The molecule has 1 saturated carbocycles. The Morgan fingerprint density at radius 1 is 1.17 bits per heavy atom. The van der Waals surface area contributed by atoms with Gasteiger partial charge in [0.2, 0.25) is 5.28 Å². The molecule has 4 rings (SSSR count). The zero-order chi connectivity index (χ0) is 21.5. The van der Waals surface area contributed by atoms with Crippen LogP contribution in [0.2, 0.25) is 5.28 Å². The summed E-state index contributed by atoms with van der Waals surface area (Å²) in [7, 11) is 1.47. The first kappa shape index (κ1) is 20.5. The van der Waals surface area contributed by atoms with Crippen molar-refractivity contribution in [3.8, 4) is 23.0 Å². The molecule has 1 aliphatic rings. The molecular formula is C20H18ClF3N4O2. The number of nitrogens with zero attached hydrogens (tertiary/aromatic N) is 4. The van der Waals surface area contributed by atoms with Crippen molar-refractivity contribution in [3.05, 3.63) is 53.2 Å². The quantitative estimate of drug-likeness (QED) is 0.476. The van der Waals surface area contributed by atoms with Crippen molar-refractivity contribution in [1.82, 2.24) is 19.5 Å². The molecule has 0 aliphatic heterocycles. The van der Waals surface area contributed by atoms with Crippen molar-refractivity contribution in [2.75, 3.05) is 7.11 Å². The molecule has 1 aliphatic carbocycles. The first-order valence-corrected chi connectivity index (χ1v) is 9.63. The molecule has 1 unspecified atom stereocenters. The second kappa shape index (κ2) is 7.79. The minimum atomic E-state index is -4.48. The summed E-state index contributed by atoms with van der Waals surface area (Å²) in [6.07, 6.45) is -0.670. The average molecular weight is 439 g/mol. The van der Waals surface area contributed by atoms with E-state index in [1.165, 1.54) is 13.3 Å². The Hall–Kier alpha value is -2.81. The largest absolute Gasteiger partial charge is 0.490 e. The Morgan fingerprint density at radius 3 is 2.47 bits per heavy atom. The maximum absolute atomic E-state index is 13.1. The van der Waals surface area contributed by atoms with Gasteiger partial charge in [-0.05, 0) is 36.9 Å². The molecule has 0 amide bonds. The highest BCUT2D eigenvalue weighted by Gasteiger charge is 2.37. The van der Waals surface area contributed by atoms with Gasteiger partial charge in [0.15, 0.2) is 11.4 Å². The Labute approximate surface area is 175 Å². The van der Waals surface area contributed by atoms with Crippen LogP contribution in [-0.4, -0.2) is 26.6 Å². The number of alkyl halides is 3. The molecule has 0 radical (unpaired) electrons. The van der Waals surface area contributed by atoms with Gasteiger partial charge >= 0.3 is 6.18 Å². The number of aromatic nitrogens is 4. The molecule has 30 heavy (non-hydrogen) atoms. The number of imidazole rings is 1. The highest BCUT2D eigenvalue weighted by atomic mass is 35.5. The fraction of sp³-hybridized carbons (Fsp3) is 0.350. The Balaban J connectivity index is 1.58. The van der Waals surface area contributed by atoms with Crippen LogP contribution in [0, 0.1) is 0 Å². The lowest BCUT2D eigenvalue weighted by atomic mass is 10.1. The lowest BCUT2D eigenvalue weighted by molar-refractivity contribution is -0.140. The van der Waals surface area contributed by atoms with Gasteiger partial charge in [-0.2, -0.15) is 18.2 Å². The molecule has 0 saturated heterocycles. The van der Waals surface area contributed by atoms with E-state index in [-0.39, 0.29) is 17.2 Å². The van der Waals surface area contributed by atoms with Gasteiger partial charge in [-0.3, -0.25) is 0 Å². The predicted octanol–water partition coefficient (Wildman–Crippen LogP) is 5.50. The topological polar surface area (TPSA) is 62.1 Å². The number of halogens is 4. The van der Waals surface area contributed by atoms with E-state index in [2.05, 4.69) is 15.0 Å². The monoisotopic (exact) mass is 438 g/mol. The Morgan fingerprint density at radius 2 is 1.87 bits per heavy atom.